The smallest absolute Gasteiger partial charge is 0.163 e. The standard InChI is InChI=1S/C34H46O5/c1-9-38-32-23(3)28(15-16-30(32)24(4)35)22(2)29(17-18-39-25(5)27-13-11-10-12-14-27)31(37)19-34(26(6)36)20-33(7,8)21-34/h10-16,22,25,29H,9,17-21H2,1-8H3/t22-,25-,29?/m1/s1. The van der Waals surface area contributed by atoms with Crippen molar-refractivity contribution in [3.8, 4) is 5.75 Å². The molecule has 1 saturated carbocycles. The van der Waals surface area contributed by atoms with Crippen LogP contribution in [-0.2, 0) is 14.3 Å². The third-order valence-corrected chi connectivity index (χ3v) is 8.58. The molecule has 0 heterocycles. The topological polar surface area (TPSA) is 69.7 Å². The maximum Gasteiger partial charge on any atom is 0.163 e. The van der Waals surface area contributed by atoms with Crippen molar-refractivity contribution in [3.05, 3.63) is 64.7 Å². The van der Waals surface area contributed by atoms with E-state index in [1.165, 1.54) is 0 Å². The Morgan fingerprint density at radius 2 is 1.62 bits per heavy atom. The van der Waals surface area contributed by atoms with Gasteiger partial charge in [-0.05, 0) is 88.0 Å². The van der Waals surface area contributed by atoms with Gasteiger partial charge in [-0.1, -0.05) is 57.2 Å². The number of Topliss-reactive ketones (excluding diaryl/α,β-unsaturated/α-hetero) is 3. The number of ketones is 3. The highest BCUT2D eigenvalue weighted by Crippen LogP contribution is 2.57. The third kappa shape index (κ3) is 7.05. The zero-order valence-electron chi connectivity index (χ0n) is 25.1. The van der Waals surface area contributed by atoms with Crippen molar-refractivity contribution in [2.75, 3.05) is 13.2 Å². The Labute approximate surface area is 234 Å². The molecular weight excluding hydrogens is 488 g/mol. The molecule has 0 bridgehead atoms. The molecule has 3 atom stereocenters. The summed E-state index contributed by atoms with van der Waals surface area (Å²) in [5, 5.41) is 0. The van der Waals surface area contributed by atoms with Crippen molar-refractivity contribution in [2.45, 2.75) is 93.1 Å². The summed E-state index contributed by atoms with van der Waals surface area (Å²) in [5.41, 5.74) is 3.04. The van der Waals surface area contributed by atoms with Crippen LogP contribution in [0.25, 0.3) is 0 Å². The molecule has 2 aromatic rings. The van der Waals surface area contributed by atoms with Crippen LogP contribution in [0.15, 0.2) is 42.5 Å². The molecule has 0 amide bonds. The fraction of sp³-hybridized carbons (Fsp3) is 0.559. The molecular formula is C34H46O5. The van der Waals surface area contributed by atoms with Crippen LogP contribution in [-0.4, -0.2) is 30.6 Å². The van der Waals surface area contributed by atoms with Gasteiger partial charge in [0.1, 0.15) is 17.3 Å². The summed E-state index contributed by atoms with van der Waals surface area (Å²) >= 11 is 0. The Hall–Kier alpha value is -2.79. The van der Waals surface area contributed by atoms with Crippen LogP contribution in [0.1, 0.15) is 113 Å². The molecule has 1 aliphatic carbocycles. The van der Waals surface area contributed by atoms with E-state index in [1.807, 2.05) is 63.2 Å². The van der Waals surface area contributed by atoms with Crippen molar-refractivity contribution in [2.24, 2.45) is 16.7 Å². The van der Waals surface area contributed by atoms with E-state index in [0.717, 1.165) is 29.5 Å². The third-order valence-electron chi connectivity index (χ3n) is 8.58. The van der Waals surface area contributed by atoms with Gasteiger partial charge in [-0.2, -0.15) is 0 Å². The van der Waals surface area contributed by atoms with Crippen molar-refractivity contribution >= 4 is 17.3 Å². The predicted octanol–water partition coefficient (Wildman–Crippen LogP) is 7.84. The van der Waals surface area contributed by atoms with E-state index in [-0.39, 0.29) is 47.1 Å². The van der Waals surface area contributed by atoms with E-state index < -0.39 is 5.41 Å². The minimum Gasteiger partial charge on any atom is -0.493 e. The first-order chi connectivity index (χ1) is 18.3. The van der Waals surface area contributed by atoms with E-state index >= 15 is 0 Å². The summed E-state index contributed by atoms with van der Waals surface area (Å²) < 4.78 is 12.1. The van der Waals surface area contributed by atoms with E-state index in [2.05, 4.69) is 20.8 Å². The molecule has 1 aliphatic rings. The maximum absolute atomic E-state index is 14.0. The summed E-state index contributed by atoms with van der Waals surface area (Å²) in [6.45, 7) is 16.3. The molecule has 212 valence electrons. The van der Waals surface area contributed by atoms with Gasteiger partial charge in [-0.25, -0.2) is 0 Å². The Balaban J connectivity index is 1.89. The van der Waals surface area contributed by atoms with E-state index in [4.69, 9.17) is 9.47 Å². The van der Waals surface area contributed by atoms with Gasteiger partial charge in [-0.3, -0.25) is 14.4 Å². The Morgan fingerprint density at radius 1 is 0.974 bits per heavy atom. The molecule has 0 spiro atoms. The number of rotatable bonds is 14. The van der Waals surface area contributed by atoms with Gasteiger partial charge in [-0.15, -0.1) is 0 Å². The second-order valence-corrected chi connectivity index (χ2v) is 12.3. The highest BCUT2D eigenvalue weighted by Gasteiger charge is 2.53. The summed E-state index contributed by atoms with van der Waals surface area (Å²) in [6, 6.07) is 13.8. The summed E-state index contributed by atoms with van der Waals surface area (Å²) in [7, 11) is 0. The lowest BCUT2D eigenvalue weighted by Crippen LogP contribution is -2.49. The van der Waals surface area contributed by atoms with Crippen molar-refractivity contribution in [3.63, 3.8) is 0 Å². The summed E-state index contributed by atoms with van der Waals surface area (Å²) in [4.78, 5) is 39.0. The average molecular weight is 535 g/mol. The van der Waals surface area contributed by atoms with Crippen molar-refractivity contribution in [1.82, 2.24) is 0 Å². The molecule has 5 nitrogen and oxygen atoms in total. The normalized spacial score (nSPS) is 17.9. The predicted molar refractivity (Wildman–Crippen MR) is 155 cm³/mol. The van der Waals surface area contributed by atoms with Gasteiger partial charge in [0.2, 0.25) is 0 Å². The van der Waals surface area contributed by atoms with Gasteiger partial charge >= 0.3 is 0 Å². The highest BCUT2D eigenvalue weighted by molar-refractivity contribution is 5.97. The summed E-state index contributed by atoms with van der Waals surface area (Å²) in [5.74, 6) is 0.297. The van der Waals surface area contributed by atoms with Gasteiger partial charge in [0.05, 0.1) is 18.3 Å². The summed E-state index contributed by atoms with van der Waals surface area (Å²) in [6.07, 6.45) is 2.20. The first-order valence-electron chi connectivity index (χ1n) is 14.3. The fourth-order valence-corrected chi connectivity index (χ4v) is 6.65. The lowest BCUT2D eigenvalue weighted by molar-refractivity contribution is -0.147. The van der Waals surface area contributed by atoms with E-state index in [9.17, 15) is 14.4 Å². The lowest BCUT2D eigenvalue weighted by Gasteiger charge is -2.52. The Kier molecular flexibility index (Phi) is 9.93. The number of hydrogen-bond donors (Lipinski definition) is 0. The number of carbonyl (C=O) groups is 3. The molecule has 5 heteroatoms. The second-order valence-electron chi connectivity index (χ2n) is 12.3. The van der Waals surface area contributed by atoms with Crippen LogP contribution in [0.2, 0.25) is 0 Å². The van der Waals surface area contributed by atoms with Crippen LogP contribution in [0, 0.1) is 23.7 Å². The van der Waals surface area contributed by atoms with Crippen LogP contribution in [0.5, 0.6) is 5.75 Å². The lowest BCUT2D eigenvalue weighted by atomic mass is 9.51. The second kappa shape index (κ2) is 12.6. The van der Waals surface area contributed by atoms with Crippen LogP contribution in [0.4, 0.5) is 0 Å². The molecule has 0 N–H and O–H groups in total. The van der Waals surface area contributed by atoms with Crippen molar-refractivity contribution < 1.29 is 23.9 Å². The molecule has 0 radical (unpaired) electrons. The van der Waals surface area contributed by atoms with Crippen LogP contribution < -0.4 is 4.74 Å². The Bertz CT molecular complexity index is 1170. The van der Waals surface area contributed by atoms with Crippen LogP contribution in [0.3, 0.4) is 0 Å². The first kappa shape index (κ1) is 30.7. The minimum absolute atomic E-state index is 0.0484. The number of benzene rings is 2. The molecule has 0 saturated heterocycles. The van der Waals surface area contributed by atoms with Crippen LogP contribution >= 0.6 is 0 Å². The SMILES string of the molecule is CCOc1c(C(C)=O)ccc([C@@H](C)C(CCO[C@H](C)c2ccccc2)C(=O)CC2(C(C)=O)CC(C)(C)C2)c1C. The molecule has 0 aliphatic heterocycles. The fourth-order valence-electron chi connectivity index (χ4n) is 6.65. The average Bonchev–Trinajstić information content (AvgIpc) is 2.86. The highest BCUT2D eigenvalue weighted by atomic mass is 16.5. The van der Waals surface area contributed by atoms with Crippen molar-refractivity contribution in [1.29, 1.82) is 0 Å². The number of hydrogen-bond acceptors (Lipinski definition) is 5. The van der Waals surface area contributed by atoms with E-state index in [1.54, 1.807) is 13.8 Å². The van der Waals surface area contributed by atoms with Gasteiger partial charge < -0.3 is 9.47 Å². The van der Waals surface area contributed by atoms with Gasteiger partial charge in [0, 0.05) is 24.4 Å². The molecule has 2 aromatic carbocycles. The number of ether oxygens (including phenoxy) is 2. The minimum atomic E-state index is -0.569. The maximum atomic E-state index is 14.0. The molecule has 0 aromatic heterocycles. The number of carbonyl (C=O) groups excluding carboxylic acids is 3. The molecule has 3 rings (SSSR count). The van der Waals surface area contributed by atoms with Gasteiger partial charge in [0.15, 0.2) is 5.78 Å². The zero-order valence-corrected chi connectivity index (χ0v) is 25.1. The zero-order chi connectivity index (χ0) is 29.0. The quantitative estimate of drug-likeness (QED) is 0.231. The van der Waals surface area contributed by atoms with E-state index in [0.29, 0.717) is 30.9 Å². The first-order valence-corrected chi connectivity index (χ1v) is 14.3. The largest absolute Gasteiger partial charge is 0.493 e. The Morgan fingerprint density at radius 3 is 2.15 bits per heavy atom. The molecule has 39 heavy (non-hydrogen) atoms. The monoisotopic (exact) mass is 534 g/mol. The molecule has 1 fully saturated rings. The molecule has 1 unspecified atom stereocenters. The van der Waals surface area contributed by atoms with Gasteiger partial charge in [0.25, 0.3) is 0 Å².